The van der Waals surface area contributed by atoms with E-state index in [1.807, 2.05) is 73.7 Å². The van der Waals surface area contributed by atoms with Gasteiger partial charge >= 0.3 is 0 Å². The third kappa shape index (κ3) is 5.36. The van der Waals surface area contributed by atoms with Gasteiger partial charge in [0.15, 0.2) is 0 Å². The Morgan fingerprint density at radius 3 is 2.60 bits per heavy atom. The van der Waals surface area contributed by atoms with E-state index in [1.165, 1.54) is 11.8 Å². The second kappa shape index (κ2) is 8.56. The molecule has 126 valence electrons. The van der Waals surface area contributed by atoms with Crippen LogP contribution in [0, 0.1) is 0 Å². The van der Waals surface area contributed by atoms with Crippen LogP contribution >= 0.6 is 35.1 Å². The summed E-state index contributed by atoms with van der Waals surface area (Å²) in [6.45, 7) is 1.98. The first kappa shape index (κ1) is 18.1. The molecule has 0 unspecified atom stereocenters. The topological polar surface area (TPSA) is 29.4 Å². The van der Waals surface area contributed by atoms with Crippen LogP contribution in [0.15, 0.2) is 76.9 Å². The highest BCUT2D eigenvalue weighted by molar-refractivity contribution is 8.45. The molecule has 0 aliphatic carbocycles. The Kier molecular flexibility index (Phi) is 6.19. The average Bonchev–Trinajstić information content (AvgIpc) is 2.95. The molecule has 0 radical (unpaired) electrons. The Morgan fingerprint density at radius 2 is 1.88 bits per heavy atom. The Bertz CT molecular complexity index is 855. The van der Waals surface area contributed by atoms with E-state index < -0.39 is 0 Å². The summed E-state index contributed by atoms with van der Waals surface area (Å²) in [5.74, 6) is 0.766. The van der Waals surface area contributed by atoms with Crippen molar-refractivity contribution in [1.82, 2.24) is 0 Å². The molecule has 0 bridgehead atoms. The van der Waals surface area contributed by atoms with Crippen LogP contribution in [0.5, 0.6) is 0 Å². The third-order valence-corrected chi connectivity index (χ3v) is 5.77. The van der Waals surface area contributed by atoms with E-state index in [-0.39, 0.29) is 5.12 Å². The summed E-state index contributed by atoms with van der Waals surface area (Å²) in [6, 6.07) is 17.7. The zero-order valence-electron chi connectivity index (χ0n) is 13.6. The molecule has 3 rings (SSSR count). The summed E-state index contributed by atoms with van der Waals surface area (Å²) in [7, 11) is 0. The lowest BCUT2D eigenvalue weighted by Gasteiger charge is -1.99. The molecule has 2 aromatic carbocycles. The lowest BCUT2D eigenvalue weighted by molar-refractivity contribution is -0.107. The molecule has 0 saturated heterocycles. The van der Waals surface area contributed by atoms with Gasteiger partial charge in [-0.15, -0.1) is 0 Å². The molecule has 0 saturated carbocycles. The van der Waals surface area contributed by atoms with Gasteiger partial charge in [0.1, 0.15) is 10.1 Å². The second-order valence-corrected chi connectivity index (χ2v) is 8.13. The van der Waals surface area contributed by atoms with Crippen LogP contribution in [-0.4, -0.2) is 9.49 Å². The summed E-state index contributed by atoms with van der Waals surface area (Å²) in [4.78, 5) is 16.6. The molecule has 0 atom stereocenters. The zero-order chi connectivity index (χ0) is 17.6. The Labute approximate surface area is 161 Å². The van der Waals surface area contributed by atoms with E-state index in [0.29, 0.717) is 5.70 Å². The van der Waals surface area contributed by atoms with E-state index in [9.17, 15) is 4.79 Å². The number of aliphatic imine (C=N–C) groups is 1. The molecule has 0 fully saturated rings. The minimum absolute atomic E-state index is 0.000539. The summed E-state index contributed by atoms with van der Waals surface area (Å²) < 4.78 is 0.790. The highest BCUT2D eigenvalue weighted by Crippen LogP contribution is 2.32. The number of nitrogens with zero attached hydrogens (tertiary/aromatic N) is 1. The van der Waals surface area contributed by atoms with Gasteiger partial charge in [-0.1, -0.05) is 71.9 Å². The van der Waals surface area contributed by atoms with Crippen molar-refractivity contribution in [3.63, 3.8) is 0 Å². The van der Waals surface area contributed by atoms with Gasteiger partial charge in [0, 0.05) is 10.8 Å². The highest BCUT2D eigenvalue weighted by atomic mass is 35.5. The second-order valence-electron chi connectivity index (χ2n) is 5.51. The lowest BCUT2D eigenvalue weighted by atomic mass is 10.1. The number of carbonyl (C=O) groups excluding carboxylic acids is 1. The molecule has 0 spiro atoms. The monoisotopic (exact) mass is 385 g/mol. The number of hydrogen-bond acceptors (Lipinski definition) is 4. The number of halogens is 1. The minimum atomic E-state index is -0.000539. The van der Waals surface area contributed by atoms with Crippen LogP contribution in [0.1, 0.15) is 18.1 Å². The molecule has 25 heavy (non-hydrogen) atoms. The molecule has 2 aromatic rings. The predicted octanol–water partition coefficient (Wildman–Crippen LogP) is 6.19. The third-order valence-electron chi connectivity index (χ3n) is 3.43. The number of benzene rings is 2. The molecule has 1 aliphatic heterocycles. The molecule has 0 aromatic heterocycles. The average molecular weight is 386 g/mol. The van der Waals surface area contributed by atoms with Crippen molar-refractivity contribution in [3.05, 3.63) is 88.1 Å². The van der Waals surface area contributed by atoms with Crippen LogP contribution in [0.4, 0.5) is 0 Å². The Morgan fingerprint density at radius 1 is 1.16 bits per heavy atom. The zero-order valence-corrected chi connectivity index (χ0v) is 16.0. The van der Waals surface area contributed by atoms with Gasteiger partial charge < -0.3 is 0 Å². The molecule has 1 heterocycles. The summed E-state index contributed by atoms with van der Waals surface area (Å²) in [5, 5.41) is 0.724. The van der Waals surface area contributed by atoms with Gasteiger partial charge in [0.2, 0.25) is 5.12 Å². The van der Waals surface area contributed by atoms with Crippen molar-refractivity contribution < 1.29 is 4.79 Å². The van der Waals surface area contributed by atoms with Crippen LogP contribution in [0.3, 0.4) is 0 Å². The standard InChI is InChI=1S/C20H16ClNOS2/c1-14(11-15-5-3-2-4-6-15)12-18-19(23)25-20(22-18)24-13-16-7-9-17(21)10-8-16/h2-12H,13H2,1H3/b14-11+,18-12-. The van der Waals surface area contributed by atoms with Crippen LogP contribution < -0.4 is 0 Å². The van der Waals surface area contributed by atoms with Gasteiger partial charge in [0.05, 0.1) is 0 Å². The lowest BCUT2D eigenvalue weighted by Crippen LogP contribution is -1.89. The van der Waals surface area contributed by atoms with E-state index >= 15 is 0 Å². The summed E-state index contributed by atoms with van der Waals surface area (Å²) in [5.41, 5.74) is 3.77. The van der Waals surface area contributed by atoms with Crippen molar-refractivity contribution >= 4 is 50.7 Å². The maximum atomic E-state index is 12.2. The molecule has 1 aliphatic rings. The largest absolute Gasteiger partial charge is 0.279 e. The first-order valence-electron chi connectivity index (χ1n) is 7.73. The number of hydrogen-bond donors (Lipinski definition) is 0. The van der Waals surface area contributed by atoms with Crippen molar-refractivity contribution in [2.75, 3.05) is 0 Å². The molecule has 0 amide bonds. The van der Waals surface area contributed by atoms with Crippen LogP contribution in [-0.2, 0) is 10.5 Å². The van der Waals surface area contributed by atoms with Crippen molar-refractivity contribution in [3.8, 4) is 0 Å². The van der Waals surface area contributed by atoms with Gasteiger partial charge in [0.25, 0.3) is 0 Å². The Hall–Kier alpha value is -1.75. The van der Waals surface area contributed by atoms with Gasteiger partial charge in [-0.25, -0.2) is 4.99 Å². The van der Waals surface area contributed by atoms with E-state index in [2.05, 4.69) is 4.99 Å². The van der Waals surface area contributed by atoms with Gasteiger partial charge in [-0.3, -0.25) is 4.79 Å². The predicted molar refractivity (Wildman–Crippen MR) is 111 cm³/mol. The van der Waals surface area contributed by atoms with Crippen molar-refractivity contribution in [1.29, 1.82) is 0 Å². The van der Waals surface area contributed by atoms with E-state index in [0.717, 1.165) is 31.9 Å². The molecular formula is C20H16ClNOS2. The fraction of sp³-hybridized carbons (Fsp3) is 0.100. The van der Waals surface area contributed by atoms with E-state index in [4.69, 9.17) is 11.6 Å². The number of allylic oxidation sites excluding steroid dienone is 2. The number of rotatable bonds is 4. The maximum absolute atomic E-state index is 12.2. The number of carbonyl (C=O) groups is 1. The van der Waals surface area contributed by atoms with Gasteiger partial charge in [-0.2, -0.15) is 0 Å². The van der Waals surface area contributed by atoms with Crippen molar-refractivity contribution in [2.45, 2.75) is 12.7 Å². The smallest absolute Gasteiger partial charge is 0.244 e. The first-order valence-corrected chi connectivity index (χ1v) is 9.91. The Balaban J connectivity index is 1.67. The maximum Gasteiger partial charge on any atom is 0.244 e. The quantitative estimate of drug-likeness (QED) is 0.587. The highest BCUT2D eigenvalue weighted by Gasteiger charge is 2.22. The van der Waals surface area contributed by atoms with Crippen molar-refractivity contribution in [2.24, 2.45) is 4.99 Å². The minimum Gasteiger partial charge on any atom is -0.279 e. The van der Waals surface area contributed by atoms with E-state index in [1.54, 1.807) is 11.8 Å². The molecule has 5 heteroatoms. The normalized spacial score (nSPS) is 16.4. The first-order chi connectivity index (χ1) is 12.1. The van der Waals surface area contributed by atoms with Crippen LogP contribution in [0.25, 0.3) is 6.08 Å². The fourth-order valence-electron chi connectivity index (χ4n) is 2.25. The SMILES string of the molecule is CC(/C=C1\N=C(SCc2ccc(Cl)cc2)SC1=O)=C\c1ccccc1. The molecular weight excluding hydrogens is 370 g/mol. The van der Waals surface area contributed by atoms with Gasteiger partial charge in [-0.05, 0) is 53.6 Å². The number of thioether (sulfide) groups is 2. The molecule has 0 N–H and O–H groups in total. The fourth-order valence-corrected chi connectivity index (χ4v) is 4.17. The van der Waals surface area contributed by atoms with Crippen LogP contribution in [0.2, 0.25) is 5.02 Å². The summed E-state index contributed by atoms with van der Waals surface area (Å²) in [6.07, 6.45) is 3.89. The molecule has 2 nitrogen and oxygen atoms in total. The summed E-state index contributed by atoms with van der Waals surface area (Å²) >= 11 is 8.66.